The quantitative estimate of drug-likeness (QED) is 0.522. The third-order valence-corrected chi connectivity index (χ3v) is 6.08. The molecule has 6 heteroatoms. The predicted molar refractivity (Wildman–Crippen MR) is 136 cm³/mol. The zero-order chi connectivity index (χ0) is 23.9. The van der Waals surface area contributed by atoms with E-state index in [9.17, 15) is 9.59 Å². The zero-order valence-electron chi connectivity index (χ0n) is 19.5. The van der Waals surface area contributed by atoms with Crippen LogP contribution in [0.3, 0.4) is 0 Å². The fraction of sp³-hybridized carbons (Fsp3) is 0.214. The van der Waals surface area contributed by atoms with Crippen LogP contribution in [-0.4, -0.2) is 43.0 Å². The largest absolute Gasteiger partial charge is 0.495 e. The summed E-state index contributed by atoms with van der Waals surface area (Å²) in [6.07, 6.45) is 3.12. The highest BCUT2D eigenvalue weighted by molar-refractivity contribution is 6.05. The van der Waals surface area contributed by atoms with E-state index in [2.05, 4.69) is 33.7 Å². The number of nitrogens with zero attached hydrogens (tertiary/aromatic N) is 1. The van der Waals surface area contributed by atoms with E-state index in [-0.39, 0.29) is 17.9 Å². The van der Waals surface area contributed by atoms with Crippen molar-refractivity contribution >= 4 is 28.8 Å². The second kappa shape index (κ2) is 10.8. The number of nitrogens with one attached hydrogen (secondary N) is 2. The molecule has 3 aromatic rings. The minimum atomic E-state index is -0.262. The van der Waals surface area contributed by atoms with Gasteiger partial charge in [-0.05, 0) is 60.9 Å². The Bertz CT molecular complexity index is 1170. The van der Waals surface area contributed by atoms with Crippen LogP contribution in [0.2, 0.25) is 0 Å². The first kappa shape index (κ1) is 23.3. The third-order valence-electron chi connectivity index (χ3n) is 6.08. The monoisotopic (exact) mass is 455 g/mol. The van der Waals surface area contributed by atoms with E-state index in [4.69, 9.17) is 4.74 Å². The average Bonchev–Trinajstić information content (AvgIpc) is 2.89. The second-order valence-electron chi connectivity index (χ2n) is 8.24. The van der Waals surface area contributed by atoms with E-state index >= 15 is 0 Å². The van der Waals surface area contributed by atoms with Crippen molar-refractivity contribution in [2.75, 3.05) is 30.8 Å². The van der Waals surface area contributed by atoms with Crippen LogP contribution in [0.5, 0.6) is 5.75 Å². The summed E-state index contributed by atoms with van der Waals surface area (Å²) in [6, 6.07) is 24.2. The minimum Gasteiger partial charge on any atom is -0.495 e. The molecule has 0 saturated heterocycles. The molecule has 2 amide bonds. The van der Waals surface area contributed by atoms with Crippen LogP contribution < -0.4 is 15.4 Å². The van der Waals surface area contributed by atoms with Crippen LogP contribution in [0.1, 0.15) is 29.3 Å². The Morgan fingerprint density at radius 2 is 1.62 bits per heavy atom. The molecule has 0 unspecified atom stereocenters. The van der Waals surface area contributed by atoms with Gasteiger partial charge >= 0.3 is 0 Å². The van der Waals surface area contributed by atoms with Gasteiger partial charge in [-0.25, -0.2) is 0 Å². The Hall–Kier alpha value is -3.90. The maximum atomic E-state index is 12.8. The Morgan fingerprint density at radius 1 is 0.912 bits per heavy atom. The lowest BCUT2D eigenvalue weighted by molar-refractivity contribution is -0.120. The molecule has 1 atom stereocenters. The summed E-state index contributed by atoms with van der Waals surface area (Å²) < 4.78 is 5.28. The molecule has 2 N–H and O–H groups in total. The first-order valence-electron chi connectivity index (χ1n) is 11.4. The maximum Gasteiger partial charge on any atom is 0.255 e. The van der Waals surface area contributed by atoms with E-state index < -0.39 is 0 Å². The lowest BCUT2D eigenvalue weighted by atomic mass is 9.99. The highest BCUT2D eigenvalue weighted by Gasteiger charge is 2.23. The van der Waals surface area contributed by atoms with Gasteiger partial charge in [-0.2, -0.15) is 0 Å². The van der Waals surface area contributed by atoms with Gasteiger partial charge in [0, 0.05) is 24.3 Å². The number of methoxy groups -OCH3 is 1. The summed E-state index contributed by atoms with van der Waals surface area (Å²) in [6.45, 7) is 3.49. The molecule has 0 bridgehead atoms. The molecule has 1 aliphatic heterocycles. The van der Waals surface area contributed by atoms with Crippen molar-refractivity contribution in [3.63, 3.8) is 0 Å². The fourth-order valence-electron chi connectivity index (χ4n) is 4.01. The van der Waals surface area contributed by atoms with E-state index in [1.54, 1.807) is 43.5 Å². The SMILES string of the molecule is COc1ccccc1NC(=O)c1ccc(NC(=O)[C@H](C)N2CC=C(c3ccccc3)CC2)cc1. The lowest BCUT2D eigenvalue weighted by Gasteiger charge is -2.31. The normalized spacial score (nSPS) is 14.6. The zero-order valence-corrected chi connectivity index (χ0v) is 19.5. The molecule has 0 aromatic heterocycles. The van der Waals surface area contributed by atoms with Crippen molar-refractivity contribution in [2.45, 2.75) is 19.4 Å². The van der Waals surface area contributed by atoms with Crippen LogP contribution in [0.4, 0.5) is 11.4 Å². The summed E-state index contributed by atoms with van der Waals surface area (Å²) in [7, 11) is 1.56. The molecular formula is C28H29N3O3. The van der Waals surface area contributed by atoms with Gasteiger partial charge in [-0.1, -0.05) is 48.5 Å². The molecule has 0 fully saturated rings. The van der Waals surface area contributed by atoms with Gasteiger partial charge in [0.05, 0.1) is 18.8 Å². The summed E-state index contributed by atoms with van der Waals surface area (Å²) in [5.74, 6) is 0.282. The Morgan fingerprint density at radius 3 is 2.29 bits per heavy atom. The van der Waals surface area contributed by atoms with Gasteiger partial charge in [0.15, 0.2) is 0 Å². The number of ether oxygens (including phenoxy) is 1. The predicted octanol–water partition coefficient (Wildman–Crippen LogP) is 5.06. The summed E-state index contributed by atoms with van der Waals surface area (Å²) in [5, 5.41) is 5.81. The minimum absolute atomic E-state index is 0.0669. The topological polar surface area (TPSA) is 70.7 Å². The Balaban J connectivity index is 1.33. The molecule has 34 heavy (non-hydrogen) atoms. The number of hydrogen-bond donors (Lipinski definition) is 2. The number of anilines is 2. The molecule has 0 spiro atoms. The average molecular weight is 456 g/mol. The van der Waals surface area contributed by atoms with Gasteiger partial charge < -0.3 is 15.4 Å². The van der Waals surface area contributed by atoms with Crippen molar-refractivity contribution in [3.05, 3.63) is 96.1 Å². The van der Waals surface area contributed by atoms with Gasteiger partial charge in [0.25, 0.3) is 5.91 Å². The van der Waals surface area contributed by atoms with Crippen molar-refractivity contribution in [2.24, 2.45) is 0 Å². The molecule has 0 radical (unpaired) electrons. The van der Waals surface area contributed by atoms with E-state index in [1.165, 1.54) is 11.1 Å². The number of carbonyl (C=O) groups is 2. The number of carbonyl (C=O) groups excluding carboxylic acids is 2. The summed E-state index contributed by atoms with van der Waals surface area (Å²) in [4.78, 5) is 27.6. The van der Waals surface area contributed by atoms with Gasteiger partial charge in [0.2, 0.25) is 5.91 Å². The molecular weight excluding hydrogens is 426 g/mol. The maximum absolute atomic E-state index is 12.8. The van der Waals surface area contributed by atoms with Crippen molar-refractivity contribution in [1.29, 1.82) is 0 Å². The molecule has 0 saturated carbocycles. The Kier molecular flexibility index (Phi) is 7.40. The van der Waals surface area contributed by atoms with Gasteiger partial charge in [-0.15, -0.1) is 0 Å². The highest BCUT2D eigenvalue weighted by Crippen LogP contribution is 2.25. The van der Waals surface area contributed by atoms with Gasteiger partial charge in [0.1, 0.15) is 5.75 Å². The van der Waals surface area contributed by atoms with Crippen LogP contribution in [0.15, 0.2) is 84.9 Å². The molecule has 174 valence electrons. The Labute approximate surface area is 200 Å². The first-order chi connectivity index (χ1) is 16.5. The number of amides is 2. The lowest BCUT2D eigenvalue weighted by Crippen LogP contribution is -2.44. The van der Waals surface area contributed by atoms with Crippen molar-refractivity contribution < 1.29 is 14.3 Å². The molecule has 3 aromatic carbocycles. The number of benzene rings is 3. The fourth-order valence-corrected chi connectivity index (χ4v) is 4.01. The van der Waals surface area contributed by atoms with E-state index in [0.717, 1.165) is 19.5 Å². The molecule has 0 aliphatic carbocycles. The molecule has 1 aliphatic rings. The smallest absolute Gasteiger partial charge is 0.255 e. The summed E-state index contributed by atoms with van der Waals surface area (Å²) >= 11 is 0. The number of hydrogen-bond acceptors (Lipinski definition) is 4. The molecule has 6 nitrogen and oxygen atoms in total. The van der Waals surface area contributed by atoms with Crippen LogP contribution in [0.25, 0.3) is 5.57 Å². The number of para-hydroxylation sites is 2. The summed E-state index contributed by atoms with van der Waals surface area (Å²) in [5.41, 5.74) is 4.32. The van der Waals surface area contributed by atoms with Crippen molar-refractivity contribution in [1.82, 2.24) is 4.90 Å². The van der Waals surface area contributed by atoms with E-state index in [0.29, 0.717) is 22.7 Å². The van der Waals surface area contributed by atoms with Crippen LogP contribution in [-0.2, 0) is 4.79 Å². The van der Waals surface area contributed by atoms with Crippen molar-refractivity contribution in [3.8, 4) is 5.75 Å². The van der Waals surface area contributed by atoms with Crippen LogP contribution in [0, 0.1) is 0 Å². The third kappa shape index (κ3) is 5.53. The molecule has 4 rings (SSSR count). The highest BCUT2D eigenvalue weighted by atomic mass is 16.5. The standard InChI is InChI=1S/C28H29N3O3/c1-20(31-18-16-22(17-19-31)21-8-4-3-5-9-21)27(32)29-24-14-12-23(13-15-24)28(33)30-25-10-6-7-11-26(25)34-2/h3-16,20H,17-19H2,1-2H3,(H,29,32)(H,30,33)/t20-/m0/s1. The number of rotatable bonds is 7. The van der Waals surface area contributed by atoms with Crippen LogP contribution >= 0.6 is 0 Å². The van der Waals surface area contributed by atoms with Gasteiger partial charge in [-0.3, -0.25) is 14.5 Å². The van der Waals surface area contributed by atoms with E-state index in [1.807, 2.05) is 37.3 Å². The second-order valence-corrected chi connectivity index (χ2v) is 8.24. The molecule has 1 heterocycles. The first-order valence-corrected chi connectivity index (χ1v) is 11.4.